The molecule has 0 fully saturated rings. The topological polar surface area (TPSA) is 17.8 Å². The average molecular weight is 218 g/mol. The number of thioether (sulfide) groups is 1. The quantitative estimate of drug-likeness (QED) is 0.784. The predicted octanol–water partition coefficient (Wildman–Crippen LogP) is 3.13. The second-order valence-electron chi connectivity index (χ2n) is 3.24. The van der Waals surface area contributed by atoms with Crippen LogP contribution >= 0.6 is 11.8 Å². The molecule has 1 aromatic carbocycles. The number of nitrogens with zero attached hydrogens (tertiary/aromatic N) is 2. The molecule has 0 saturated carbocycles. The molecule has 1 aromatic heterocycles. The molecule has 0 saturated heterocycles. The normalized spacial score (nSPS) is 10.5. The van der Waals surface area contributed by atoms with Gasteiger partial charge in [-0.2, -0.15) is 11.8 Å². The molecule has 15 heavy (non-hydrogen) atoms. The van der Waals surface area contributed by atoms with Gasteiger partial charge in [-0.3, -0.25) is 0 Å². The standard InChI is InChI=1S/C12H14N2S/c1-2-15-9-11-5-3-4-6-12(11)14-8-7-13-10-14/h3-8,10H,2,9H2,1H3. The molecule has 0 unspecified atom stereocenters. The van der Waals surface area contributed by atoms with Gasteiger partial charge in [-0.15, -0.1) is 0 Å². The van der Waals surface area contributed by atoms with E-state index in [4.69, 9.17) is 0 Å². The summed E-state index contributed by atoms with van der Waals surface area (Å²) in [6.45, 7) is 2.19. The molecule has 78 valence electrons. The van der Waals surface area contributed by atoms with E-state index in [2.05, 4.69) is 40.7 Å². The van der Waals surface area contributed by atoms with Crippen LogP contribution in [-0.4, -0.2) is 15.3 Å². The van der Waals surface area contributed by atoms with Crippen molar-refractivity contribution in [3.8, 4) is 5.69 Å². The Morgan fingerprint density at radius 2 is 2.20 bits per heavy atom. The Hall–Kier alpha value is -1.22. The van der Waals surface area contributed by atoms with E-state index in [0.717, 1.165) is 11.5 Å². The number of hydrogen-bond acceptors (Lipinski definition) is 2. The summed E-state index contributed by atoms with van der Waals surface area (Å²) in [5.41, 5.74) is 2.60. The van der Waals surface area contributed by atoms with E-state index in [9.17, 15) is 0 Å². The van der Waals surface area contributed by atoms with E-state index < -0.39 is 0 Å². The Morgan fingerprint density at radius 1 is 1.33 bits per heavy atom. The second-order valence-corrected chi connectivity index (χ2v) is 4.51. The van der Waals surface area contributed by atoms with Gasteiger partial charge in [-0.1, -0.05) is 25.1 Å². The van der Waals surface area contributed by atoms with Crippen molar-refractivity contribution in [2.45, 2.75) is 12.7 Å². The van der Waals surface area contributed by atoms with Crippen LogP contribution in [0.25, 0.3) is 5.69 Å². The molecule has 2 aromatic rings. The molecular weight excluding hydrogens is 204 g/mol. The molecule has 0 spiro atoms. The summed E-state index contributed by atoms with van der Waals surface area (Å²) in [5, 5.41) is 0. The monoisotopic (exact) mass is 218 g/mol. The van der Waals surface area contributed by atoms with Gasteiger partial charge in [0, 0.05) is 18.1 Å². The molecule has 0 bridgehead atoms. The van der Waals surface area contributed by atoms with Crippen molar-refractivity contribution < 1.29 is 0 Å². The zero-order valence-corrected chi connectivity index (χ0v) is 9.57. The number of para-hydroxylation sites is 1. The lowest BCUT2D eigenvalue weighted by molar-refractivity contribution is 1.04. The zero-order valence-electron chi connectivity index (χ0n) is 8.76. The first-order valence-corrected chi connectivity index (χ1v) is 6.21. The fourth-order valence-corrected chi connectivity index (χ4v) is 2.17. The molecule has 0 aliphatic heterocycles. The number of rotatable bonds is 4. The third-order valence-corrected chi connectivity index (χ3v) is 3.16. The summed E-state index contributed by atoms with van der Waals surface area (Å²) in [7, 11) is 0. The average Bonchev–Trinajstić information content (AvgIpc) is 2.80. The molecular formula is C12H14N2S. The van der Waals surface area contributed by atoms with E-state index in [-0.39, 0.29) is 0 Å². The maximum Gasteiger partial charge on any atom is 0.0991 e. The summed E-state index contributed by atoms with van der Waals surface area (Å²) in [6, 6.07) is 8.46. The van der Waals surface area contributed by atoms with Crippen molar-refractivity contribution in [3.63, 3.8) is 0 Å². The highest BCUT2D eigenvalue weighted by atomic mass is 32.2. The minimum atomic E-state index is 1.06. The van der Waals surface area contributed by atoms with E-state index in [1.165, 1.54) is 11.3 Å². The molecule has 1 heterocycles. The second kappa shape index (κ2) is 5.03. The first kappa shape index (κ1) is 10.3. The lowest BCUT2D eigenvalue weighted by Gasteiger charge is -2.08. The molecule has 0 amide bonds. The van der Waals surface area contributed by atoms with Crippen LogP contribution in [0, 0.1) is 0 Å². The first-order valence-electron chi connectivity index (χ1n) is 5.06. The van der Waals surface area contributed by atoms with Crippen molar-refractivity contribution in [2.24, 2.45) is 0 Å². The molecule has 3 heteroatoms. The van der Waals surface area contributed by atoms with E-state index in [0.29, 0.717) is 0 Å². The van der Waals surface area contributed by atoms with Crippen LogP contribution in [0.5, 0.6) is 0 Å². The SMILES string of the molecule is CCSCc1ccccc1-n1ccnc1. The summed E-state index contributed by atoms with van der Waals surface area (Å²) in [4.78, 5) is 4.08. The molecule has 0 radical (unpaired) electrons. The van der Waals surface area contributed by atoms with Crippen LogP contribution in [-0.2, 0) is 5.75 Å². The highest BCUT2D eigenvalue weighted by Gasteiger charge is 2.02. The van der Waals surface area contributed by atoms with Gasteiger partial charge in [0.1, 0.15) is 0 Å². The minimum Gasteiger partial charge on any atom is -0.306 e. The van der Waals surface area contributed by atoms with E-state index in [1.807, 2.05) is 30.5 Å². The largest absolute Gasteiger partial charge is 0.306 e. The third kappa shape index (κ3) is 2.42. The van der Waals surface area contributed by atoms with Gasteiger partial charge in [0.15, 0.2) is 0 Å². The minimum absolute atomic E-state index is 1.06. The maximum atomic E-state index is 4.08. The fourth-order valence-electron chi connectivity index (χ4n) is 1.50. The zero-order chi connectivity index (χ0) is 10.5. The summed E-state index contributed by atoms with van der Waals surface area (Å²) in [6.07, 6.45) is 5.63. The Bertz CT molecular complexity index is 409. The Labute approximate surface area is 94.3 Å². The van der Waals surface area contributed by atoms with Gasteiger partial charge in [0.05, 0.1) is 12.0 Å². The van der Waals surface area contributed by atoms with Crippen LogP contribution in [0.3, 0.4) is 0 Å². The van der Waals surface area contributed by atoms with Gasteiger partial charge in [0.25, 0.3) is 0 Å². The summed E-state index contributed by atoms with van der Waals surface area (Å²) >= 11 is 1.94. The fraction of sp³-hybridized carbons (Fsp3) is 0.250. The Morgan fingerprint density at radius 3 is 2.93 bits per heavy atom. The Balaban J connectivity index is 2.30. The van der Waals surface area contributed by atoms with Crippen LogP contribution in [0.1, 0.15) is 12.5 Å². The number of aromatic nitrogens is 2. The molecule has 2 nitrogen and oxygen atoms in total. The van der Waals surface area contributed by atoms with Crippen LogP contribution < -0.4 is 0 Å². The highest BCUT2D eigenvalue weighted by molar-refractivity contribution is 7.98. The van der Waals surface area contributed by atoms with Gasteiger partial charge in [0.2, 0.25) is 0 Å². The lowest BCUT2D eigenvalue weighted by atomic mass is 10.2. The maximum absolute atomic E-state index is 4.08. The first-order chi connectivity index (χ1) is 7.42. The third-order valence-electron chi connectivity index (χ3n) is 2.24. The smallest absolute Gasteiger partial charge is 0.0991 e. The summed E-state index contributed by atoms with van der Waals surface area (Å²) < 4.78 is 2.06. The number of benzene rings is 1. The van der Waals surface area contributed by atoms with E-state index in [1.54, 1.807) is 0 Å². The van der Waals surface area contributed by atoms with Gasteiger partial charge in [-0.05, 0) is 17.4 Å². The van der Waals surface area contributed by atoms with Crippen LogP contribution in [0.2, 0.25) is 0 Å². The van der Waals surface area contributed by atoms with Gasteiger partial charge < -0.3 is 4.57 Å². The molecule has 0 N–H and O–H groups in total. The Kier molecular flexibility index (Phi) is 3.45. The van der Waals surface area contributed by atoms with Crippen molar-refractivity contribution in [1.82, 2.24) is 9.55 Å². The summed E-state index contributed by atoms with van der Waals surface area (Å²) in [5.74, 6) is 2.21. The van der Waals surface area contributed by atoms with E-state index >= 15 is 0 Å². The van der Waals surface area contributed by atoms with Crippen LogP contribution in [0.4, 0.5) is 0 Å². The van der Waals surface area contributed by atoms with Gasteiger partial charge in [-0.25, -0.2) is 4.98 Å². The van der Waals surface area contributed by atoms with Gasteiger partial charge >= 0.3 is 0 Å². The molecule has 0 aliphatic rings. The van der Waals surface area contributed by atoms with Crippen LogP contribution in [0.15, 0.2) is 43.0 Å². The van der Waals surface area contributed by atoms with Crippen molar-refractivity contribution in [2.75, 3.05) is 5.75 Å². The van der Waals surface area contributed by atoms with Crippen molar-refractivity contribution >= 4 is 11.8 Å². The molecule has 0 aliphatic carbocycles. The number of hydrogen-bond donors (Lipinski definition) is 0. The predicted molar refractivity (Wildman–Crippen MR) is 65.4 cm³/mol. The molecule has 2 rings (SSSR count). The number of imidazole rings is 1. The van der Waals surface area contributed by atoms with Crippen molar-refractivity contribution in [3.05, 3.63) is 48.5 Å². The molecule has 0 atom stereocenters. The highest BCUT2D eigenvalue weighted by Crippen LogP contribution is 2.19. The lowest BCUT2D eigenvalue weighted by Crippen LogP contribution is -1.95. The van der Waals surface area contributed by atoms with Crippen molar-refractivity contribution in [1.29, 1.82) is 0 Å².